The number of piperidine rings is 1. The van der Waals surface area contributed by atoms with Gasteiger partial charge in [0.2, 0.25) is 0 Å². The quantitative estimate of drug-likeness (QED) is 0.922. The highest BCUT2D eigenvalue weighted by molar-refractivity contribution is 5.48. The maximum absolute atomic E-state index is 5.64. The third-order valence-electron chi connectivity index (χ3n) is 4.14. The molecule has 0 saturated carbocycles. The van der Waals surface area contributed by atoms with Crippen molar-refractivity contribution >= 4 is 5.69 Å². The first-order valence-corrected chi connectivity index (χ1v) is 7.16. The summed E-state index contributed by atoms with van der Waals surface area (Å²) in [6.45, 7) is 2.74. The second-order valence-electron chi connectivity index (χ2n) is 5.43. The van der Waals surface area contributed by atoms with Crippen molar-refractivity contribution in [2.24, 2.45) is 12.8 Å². The lowest BCUT2D eigenvalue weighted by molar-refractivity contribution is 0.474. The zero-order chi connectivity index (χ0) is 13.9. The molecule has 106 valence electrons. The molecule has 3 rings (SSSR count). The molecular weight excluding hydrogens is 250 g/mol. The first-order chi connectivity index (χ1) is 9.78. The molecule has 0 atom stereocenters. The molecule has 0 aliphatic carbocycles. The smallest absolute Gasteiger partial charge is 0.135 e. The van der Waals surface area contributed by atoms with Crippen LogP contribution in [0.5, 0.6) is 0 Å². The molecule has 1 aliphatic rings. The third kappa shape index (κ3) is 2.54. The Morgan fingerprint density at radius 2 is 1.90 bits per heavy atom. The van der Waals surface area contributed by atoms with Crippen molar-refractivity contribution in [2.75, 3.05) is 18.0 Å². The molecule has 0 bridgehead atoms. The number of aryl methyl sites for hydroxylation is 1. The SMILES string of the molecule is Cn1cnnc1C1CCN(c2ccc(CN)cc2)CC1. The minimum absolute atomic E-state index is 0.530. The largest absolute Gasteiger partial charge is 0.371 e. The van der Waals surface area contributed by atoms with Crippen molar-refractivity contribution in [3.8, 4) is 0 Å². The van der Waals surface area contributed by atoms with Crippen molar-refractivity contribution in [3.05, 3.63) is 42.0 Å². The summed E-state index contributed by atoms with van der Waals surface area (Å²) < 4.78 is 2.04. The summed E-state index contributed by atoms with van der Waals surface area (Å²) in [5, 5.41) is 8.22. The predicted octanol–water partition coefficient (Wildman–Crippen LogP) is 1.66. The number of nitrogens with two attached hydrogens (primary N) is 1. The second kappa shape index (κ2) is 5.63. The molecule has 2 heterocycles. The average Bonchev–Trinajstić information content (AvgIpc) is 2.94. The van der Waals surface area contributed by atoms with Gasteiger partial charge < -0.3 is 15.2 Å². The summed E-state index contributed by atoms with van der Waals surface area (Å²) in [4.78, 5) is 2.44. The number of benzene rings is 1. The van der Waals surface area contributed by atoms with Crippen LogP contribution in [0, 0.1) is 0 Å². The Morgan fingerprint density at radius 3 is 2.45 bits per heavy atom. The highest BCUT2D eigenvalue weighted by atomic mass is 15.3. The molecule has 1 fully saturated rings. The molecule has 1 aliphatic heterocycles. The van der Waals surface area contributed by atoms with Crippen molar-refractivity contribution < 1.29 is 0 Å². The van der Waals surface area contributed by atoms with Gasteiger partial charge in [-0.15, -0.1) is 10.2 Å². The minimum Gasteiger partial charge on any atom is -0.371 e. The zero-order valence-electron chi connectivity index (χ0n) is 11.9. The summed E-state index contributed by atoms with van der Waals surface area (Å²) in [5.74, 6) is 1.64. The first-order valence-electron chi connectivity index (χ1n) is 7.16. The van der Waals surface area contributed by atoms with Gasteiger partial charge >= 0.3 is 0 Å². The predicted molar refractivity (Wildman–Crippen MR) is 79.5 cm³/mol. The fourth-order valence-corrected chi connectivity index (χ4v) is 2.90. The summed E-state index contributed by atoms with van der Waals surface area (Å²) in [6, 6.07) is 8.57. The van der Waals surface area contributed by atoms with Crippen molar-refractivity contribution in [1.29, 1.82) is 0 Å². The zero-order valence-corrected chi connectivity index (χ0v) is 11.9. The van der Waals surface area contributed by atoms with Crippen LogP contribution in [0.3, 0.4) is 0 Å². The van der Waals surface area contributed by atoms with E-state index >= 15 is 0 Å². The number of rotatable bonds is 3. The lowest BCUT2D eigenvalue weighted by Gasteiger charge is -2.33. The molecule has 1 saturated heterocycles. The van der Waals surface area contributed by atoms with E-state index in [9.17, 15) is 0 Å². The normalized spacial score (nSPS) is 16.6. The van der Waals surface area contributed by atoms with Crippen LogP contribution in [0.25, 0.3) is 0 Å². The van der Waals surface area contributed by atoms with Gasteiger partial charge in [-0.25, -0.2) is 0 Å². The summed E-state index contributed by atoms with van der Waals surface area (Å²) >= 11 is 0. The van der Waals surface area contributed by atoms with Gasteiger partial charge in [0, 0.05) is 38.3 Å². The molecule has 5 nitrogen and oxygen atoms in total. The monoisotopic (exact) mass is 271 g/mol. The molecule has 5 heteroatoms. The molecule has 2 N–H and O–H groups in total. The highest BCUT2D eigenvalue weighted by Crippen LogP contribution is 2.29. The Balaban J connectivity index is 1.64. The van der Waals surface area contributed by atoms with Crippen LogP contribution in [0.15, 0.2) is 30.6 Å². The molecule has 0 radical (unpaired) electrons. The van der Waals surface area contributed by atoms with Crippen LogP contribution in [-0.2, 0) is 13.6 Å². The van der Waals surface area contributed by atoms with Crippen LogP contribution in [0.2, 0.25) is 0 Å². The van der Waals surface area contributed by atoms with E-state index in [0.717, 1.165) is 31.8 Å². The van der Waals surface area contributed by atoms with Gasteiger partial charge in [0.25, 0.3) is 0 Å². The fourth-order valence-electron chi connectivity index (χ4n) is 2.90. The van der Waals surface area contributed by atoms with Crippen molar-refractivity contribution in [2.45, 2.75) is 25.3 Å². The average molecular weight is 271 g/mol. The van der Waals surface area contributed by atoms with E-state index in [1.165, 1.54) is 11.3 Å². The van der Waals surface area contributed by atoms with E-state index in [2.05, 4.69) is 39.4 Å². The van der Waals surface area contributed by atoms with Crippen LogP contribution < -0.4 is 10.6 Å². The van der Waals surface area contributed by atoms with Gasteiger partial charge in [-0.2, -0.15) is 0 Å². The van der Waals surface area contributed by atoms with Gasteiger partial charge in [-0.05, 0) is 30.5 Å². The molecule has 1 aromatic carbocycles. The molecule has 0 unspecified atom stereocenters. The number of anilines is 1. The van der Waals surface area contributed by atoms with E-state index in [1.807, 2.05) is 11.6 Å². The lowest BCUT2D eigenvalue weighted by Crippen LogP contribution is -2.33. The van der Waals surface area contributed by atoms with E-state index in [4.69, 9.17) is 5.73 Å². The fraction of sp³-hybridized carbons (Fsp3) is 0.467. The molecular formula is C15H21N5. The van der Waals surface area contributed by atoms with Crippen LogP contribution in [0.1, 0.15) is 30.1 Å². The lowest BCUT2D eigenvalue weighted by atomic mass is 9.95. The van der Waals surface area contributed by atoms with Gasteiger partial charge in [-0.3, -0.25) is 0 Å². The van der Waals surface area contributed by atoms with E-state index in [1.54, 1.807) is 6.33 Å². The van der Waals surface area contributed by atoms with Crippen LogP contribution >= 0.6 is 0 Å². The van der Waals surface area contributed by atoms with E-state index < -0.39 is 0 Å². The Hall–Kier alpha value is -1.88. The van der Waals surface area contributed by atoms with Gasteiger partial charge in [0.1, 0.15) is 12.2 Å². The summed E-state index contributed by atoms with van der Waals surface area (Å²) in [5.41, 5.74) is 8.11. The first kappa shape index (κ1) is 13.1. The number of aromatic nitrogens is 3. The Morgan fingerprint density at radius 1 is 1.20 bits per heavy atom. The Labute approximate surface area is 119 Å². The third-order valence-corrected chi connectivity index (χ3v) is 4.14. The van der Waals surface area contributed by atoms with Crippen molar-refractivity contribution in [1.82, 2.24) is 14.8 Å². The topological polar surface area (TPSA) is 60.0 Å². The number of nitrogens with zero attached hydrogens (tertiary/aromatic N) is 4. The Bertz CT molecular complexity index is 552. The van der Waals surface area contributed by atoms with Gasteiger partial charge in [-0.1, -0.05) is 12.1 Å². The maximum Gasteiger partial charge on any atom is 0.135 e. The van der Waals surface area contributed by atoms with Crippen LogP contribution in [-0.4, -0.2) is 27.9 Å². The molecule has 1 aromatic heterocycles. The van der Waals surface area contributed by atoms with E-state index in [0.29, 0.717) is 12.5 Å². The number of hydrogen-bond donors (Lipinski definition) is 1. The van der Waals surface area contributed by atoms with Crippen molar-refractivity contribution in [3.63, 3.8) is 0 Å². The number of hydrogen-bond acceptors (Lipinski definition) is 4. The Kier molecular flexibility index (Phi) is 3.69. The van der Waals surface area contributed by atoms with Gasteiger partial charge in [0.05, 0.1) is 0 Å². The summed E-state index contributed by atoms with van der Waals surface area (Å²) in [7, 11) is 2.02. The second-order valence-corrected chi connectivity index (χ2v) is 5.43. The molecule has 20 heavy (non-hydrogen) atoms. The molecule has 0 amide bonds. The maximum atomic E-state index is 5.64. The van der Waals surface area contributed by atoms with Crippen LogP contribution in [0.4, 0.5) is 5.69 Å². The van der Waals surface area contributed by atoms with E-state index in [-0.39, 0.29) is 0 Å². The van der Waals surface area contributed by atoms with Gasteiger partial charge in [0.15, 0.2) is 0 Å². The highest BCUT2D eigenvalue weighted by Gasteiger charge is 2.23. The molecule has 0 spiro atoms. The molecule has 2 aromatic rings. The standard InChI is InChI=1S/C15H21N5/c1-19-11-17-18-15(19)13-6-8-20(9-7-13)14-4-2-12(10-16)3-5-14/h2-5,11,13H,6-10,16H2,1H3. The summed E-state index contributed by atoms with van der Waals surface area (Å²) in [6.07, 6.45) is 4.05. The minimum atomic E-state index is 0.530.